The Morgan fingerprint density at radius 1 is 1.03 bits per heavy atom. The van der Waals surface area contributed by atoms with Gasteiger partial charge >= 0.3 is 12.2 Å². The van der Waals surface area contributed by atoms with Gasteiger partial charge in [0.05, 0.1) is 6.04 Å². The van der Waals surface area contributed by atoms with Crippen molar-refractivity contribution in [3.8, 4) is 0 Å². The Hall–Kier alpha value is -2.89. The van der Waals surface area contributed by atoms with Crippen molar-refractivity contribution in [1.82, 2.24) is 15.5 Å². The maximum Gasteiger partial charge on any atom is 0.416 e. The molecule has 0 aromatic heterocycles. The first kappa shape index (κ1) is 28.3. The van der Waals surface area contributed by atoms with E-state index in [9.17, 15) is 37.1 Å². The average molecular weight is 505 g/mol. The van der Waals surface area contributed by atoms with Crippen LogP contribution in [0, 0.1) is 17.7 Å². The van der Waals surface area contributed by atoms with Crippen molar-refractivity contribution in [3.63, 3.8) is 0 Å². The summed E-state index contributed by atoms with van der Waals surface area (Å²) in [5, 5.41) is 17.0. The number of carbonyl (C=O) groups is 3. The number of hydrogen-bond donors (Lipinski definition) is 4. The van der Waals surface area contributed by atoms with Gasteiger partial charge in [0.25, 0.3) is 0 Å². The van der Waals surface area contributed by atoms with E-state index in [1.54, 1.807) is 13.8 Å². The molecule has 0 spiro atoms. The van der Waals surface area contributed by atoms with Crippen LogP contribution in [0.1, 0.15) is 40.5 Å². The summed E-state index contributed by atoms with van der Waals surface area (Å²) in [6.07, 6.45) is -6.99. The van der Waals surface area contributed by atoms with Gasteiger partial charge in [-0.15, -0.1) is 0 Å². The maximum atomic E-state index is 13.3. The van der Waals surface area contributed by atoms with Gasteiger partial charge < -0.3 is 26.0 Å². The van der Waals surface area contributed by atoms with E-state index in [0.717, 1.165) is 12.1 Å². The lowest BCUT2D eigenvalue weighted by molar-refractivity contribution is -0.215. The zero-order valence-electron chi connectivity index (χ0n) is 20.0. The van der Waals surface area contributed by atoms with Crippen LogP contribution in [0.5, 0.6) is 0 Å². The minimum Gasteiger partial charge on any atom is -0.382 e. The van der Waals surface area contributed by atoms with Crippen LogP contribution < -0.4 is 16.0 Å². The lowest BCUT2D eigenvalue weighted by Gasteiger charge is -2.33. The smallest absolute Gasteiger partial charge is 0.382 e. The molecule has 0 radical (unpaired) electrons. The van der Waals surface area contributed by atoms with E-state index in [2.05, 4.69) is 16.0 Å². The first-order valence-electron chi connectivity index (χ1n) is 11.4. The summed E-state index contributed by atoms with van der Waals surface area (Å²) in [5.74, 6) is -2.92. The van der Waals surface area contributed by atoms with Crippen LogP contribution in [0.25, 0.3) is 0 Å². The van der Waals surface area contributed by atoms with Crippen molar-refractivity contribution in [2.24, 2.45) is 11.8 Å². The molecule has 1 aliphatic rings. The van der Waals surface area contributed by atoms with Crippen molar-refractivity contribution in [2.45, 2.75) is 70.9 Å². The lowest BCUT2D eigenvalue weighted by Crippen LogP contribution is -2.59. The number of urea groups is 1. The molecule has 4 N–H and O–H groups in total. The normalized spacial score (nSPS) is 18.8. The minimum absolute atomic E-state index is 0.190. The first-order valence-corrected chi connectivity index (χ1v) is 11.4. The molecule has 4 atom stereocenters. The zero-order chi connectivity index (χ0) is 26.5. The highest BCUT2D eigenvalue weighted by Gasteiger charge is 2.46. The number of nitrogens with one attached hydrogen (secondary N) is 3. The summed E-state index contributed by atoms with van der Waals surface area (Å²) in [4.78, 5) is 39.8. The van der Waals surface area contributed by atoms with Gasteiger partial charge in [-0.1, -0.05) is 27.7 Å². The first-order chi connectivity index (χ1) is 16.2. The third-order valence-corrected chi connectivity index (χ3v) is 5.86. The van der Waals surface area contributed by atoms with Crippen LogP contribution in [0.4, 0.5) is 28.0 Å². The molecule has 2 unspecified atom stereocenters. The highest BCUT2D eigenvalue weighted by atomic mass is 19.4. The quantitative estimate of drug-likeness (QED) is 0.408. The summed E-state index contributed by atoms with van der Waals surface area (Å²) in [6, 6.07) is 0.670. The average Bonchev–Trinajstić information content (AvgIpc) is 3.25. The molecule has 2 rings (SSSR count). The largest absolute Gasteiger partial charge is 0.416 e. The molecule has 35 heavy (non-hydrogen) atoms. The molecule has 4 amide bonds. The van der Waals surface area contributed by atoms with Gasteiger partial charge in [-0.25, -0.2) is 9.18 Å². The topological polar surface area (TPSA) is 111 Å². The van der Waals surface area contributed by atoms with E-state index in [1.165, 1.54) is 30.9 Å². The van der Waals surface area contributed by atoms with E-state index >= 15 is 0 Å². The number of hydrogen-bond acceptors (Lipinski definition) is 4. The second-order valence-corrected chi connectivity index (χ2v) is 9.28. The second kappa shape index (κ2) is 11.7. The molecule has 0 aliphatic carbocycles. The summed E-state index contributed by atoms with van der Waals surface area (Å²) in [7, 11) is 0. The number of alkyl halides is 3. The van der Waals surface area contributed by atoms with Crippen LogP contribution >= 0.6 is 0 Å². The van der Waals surface area contributed by atoms with Gasteiger partial charge in [0.15, 0.2) is 6.10 Å². The number of benzene rings is 1. The van der Waals surface area contributed by atoms with Gasteiger partial charge in [0, 0.05) is 12.2 Å². The molecule has 196 valence electrons. The number of likely N-dealkylation sites (tertiary alicyclic amines) is 1. The monoisotopic (exact) mass is 504 g/mol. The molecule has 8 nitrogen and oxygen atoms in total. The zero-order valence-corrected chi connectivity index (χ0v) is 20.0. The number of aliphatic hydroxyl groups excluding tert-OH is 1. The van der Waals surface area contributed by atoms with Crippen molar-refractivity contribution < 1.29 is 37.1 Å². The molecular formula is C23H32F4N4O4. The Kier molecular flexibility index (Phi) is 9.47. The van der Waals surface area contributed by atoms with Crippen molar-refractivity contribution >= 4 is 23.5 Å². The molecule has 1 saturated heterocycles. The van der Waals surface area contributed by atoms with Crippen LogP contribution in [-0.4, -0.2) is 64.8 Å². The third-order valence-electron chi connectivity index (χ3n) is 5.86. The highest BCUT2D eigenvalue weighted by molar-refractivity contribution is 5.95. The molecule has 1 fully saturated rings. The van der Waals surface area contributed by atoms with Crippen LogP contribution in [-0.2, 0) is 9.59 Å². The van der Waals surface area contributed by atoms with Gasteiger partial charge in [-0.2, -0.15) is 13.2 Å². The van der Waals surface area contributed by atoms with E-state index in [4.69, 9.17) is 0 Å². The van der Waals surface area contributed by atoms with Crippen LogP contribution in [0.3, 0.4) is 0 Å². The summed E-state index contributed by atoms with van der Waals surface area (Å²) >= 11 is 0. The van der Waals surface area contributed by atoms with E-state index in [0.29, 0.717) is 12.1 Å². The Morgan fingerprint density at radius 3 is 2.14 bits per heavy atom. The standard InChI is InChI=1S/C23H32F4N4O4/c1-12(2)17(19(32)23(25,26)27)29-20(33)16-6-5-11-31(16)21(34)18(13(3)4)30-22(35)28-15-9-7-14(24)8-10-15/h7-10,12-13,16-19,32H,5-6,11H2,1-4H3,(H,29,33)(H2,28,30,35)/t16-,17?,18-,19?/m0/s1. The number of halogens is 4. The SMILES string of the molecule is CC(C)C(NC(=O)[C@@H]1CCCN1C(=O)[C@@H](NC(=O)Nc1ccc(F)cc1)C(C)C)C(O)C(F)(F)F. The predicted octanol–water partition coefficient (Wildman–Crippen LogP) is 3.03. The number of anilines is 1. The predicted molar refractivity (Wildman–Crippen MR) is 121 cm³/mol. The molecule has 1 heterocycles. The van der Waals surface area contributed by atoms with Crippen molar-refractivity contribution in [3.05, 3.63) is 30.1 Å². The Morgan fingerprint density at radius 2 is 1.63 bits per heavy atom. The van der Waals surface area contributed by atoms with Gasteiger partial charge in [0.1, 0.15) is 17.9 Å². The molecule has 0 bridgehead atoms. The number of nitrogens with zero attached hydrogens (tertiary/aromatic N) is 1. The Bertz CT molecular complexity index is 893. The van der Waals surface area contributed by atoms with Gasteiger partial charge in [0.2, 0.25) is 11.8 Å². The molecule has 12 heteroatoms. The highest BCUT2D eigenvalue weighted by Crippen LogP contribution is 2.27. The summed E-state index contributed by atoms with van der Waals surface area (Å²) < 4.78 is 52.2. The second-order valence-electron chi connectivity index (χ2n) is 9.28. The molecular weight excluding hydrogens is 472 g/mol. The summed E-state index contributed by atoms with van der Waals surface area (Å²) in [5.41, 5.74) is 0.306. The third kappa shape index (κ3) is 7.55. The van der Waals surface area contributed by atoms with E-state index in [1.807, 2.05) is 0 Å². The molecule has 1 aliphatic heterocycles. The van der Waals surface area contributed by atoms with Crippen LogP contribution in [0.2, 0.25) is 0 Å². The number of aliphatic hydroxyl groups is 1. The fourth-order valence-corrected chi connectivity index (χ4v) is 3.91. The van der Waals surface area contributed by atoms with E-state index < -0.39 is 60.0 Å². The fourth-order valence-electron chi connectivity index (χ4n) is 3.91. The van der Waals surface area contributed by atoms with Crippen molar-refractivity contribution in [1.29, 1.82) is 0 Å². The fraction of sp³-hybridized carbons (Fsp3) is 0.609. The Balaban J connectivity index is 2.11. The maximum absolute atomic E-state index is 13.3. The Labute approximate surface area is 201 Å². The van der Waals surface area contributed by atoms with Crippen molar-refractivity contribution in [2.75, 3.05) is 11.9 Å². The lowest BCUT2D eigenvalue weighted by atomic mass is 9.97. The minimum atomic E-state index is -4.92. The number of rotatable bonds is 8. The molecule has 1 aromatic carbocycles. The number of amides is 4. The number of carbonyl (C=O) groups excluding carboxylic acids is 3. The van der Waals surface area contributed by atoms with E-state index in [-0.39, 0.29) is 18.9 Å². The molecule has 1 aromatic rings. The van der Waals surface area contributed by atoms with Crippen LogP contribution in [0.15, 0.2) is 24.3 Å². The van der Waals surface area contributed by atoms with Gasteiger partial charge in [-0.3, -0.25) is 9.59 Å². The van der Waals surface area contributed by atoms with Gasteiger partial charge in [-0.05, 0) is 48.9 Å². The molecule has 0 saturated carbocycles. The summed E-state index contributed by atoms with van der Waals surface area (Å²) in [6.45, 7) is 6.46.